The Hall–Kier alpha value is -1.40. The smallest absolute Gasteiger partial charge is 0.198 e. The summed E-state index contributed by atoms with van der Waals surface area (Å²) in [5.74, 6) is 0.655. The van der Waals surface area contributed by atoms with Crippen LogP contribution in [0.2, 0.25) is 5.02 Å². The Labute approximate surface area is 117 Å². The normalized spacial score (nSPS) is 11.3. The van der Waals surface area contributed by atoms with Gasteiger partial charge in [0.05, 0.1) is 16.4 Å². The zero-order valence-electron chi connectivity index (χ0n) is 9.72. The van der Waals surface area contributed by atoms with Crippen molar-refractivity contribution in [1.82, 2.24) is 24.1 Å². The lowest BCUT2D eigenvalue weighted by Crippen LogP contribution is -2.05. The summed E-state index contributed by atoms with van der Waals surface area (Å²) in [7, 11) is 0. The Morgan fingerprint density at radius 1 is 1.33 bits per heavy atom. The van der Waals surface area contributed by atoms with Crippen molar-refractivity contribution in [1.29, 1.82) is 0 Å². The van der Waals surface area contributed by atoms with Gasteiger partial charge in [0, 0.05) is 18.6 Å². The van der Waals surface area contributed by atoms with Crippen LogP contribution in [0.3, 0.4) is 0 Å². The molecule has 0 aromatic carbocycles. The molecule has 0 bridgehead atoms. The quantitative estimate of drug-likeness (QED) is 0.691. The Bertz CT molecular complexity index is 745. The fourth-order valence-electron chi connectivity index (χ4n) is 1.86. The maximum atomic E-state index is 6.16. The number of halogens is 2. The van der Waals surface area contributed by atoms with Gasteiger partial charge in [-0.1, -0.05) is 11.6 Å². The van der Waals surface area contributed by atoms with E-state index in [0.717, 1.165) is 17.0 Å². The lowest BCUT2D eigenvalue weighted by Gasteiger charge is -2.06. The molecule has 3 aromatic heterocycles. The van der Waals surface area contributed by atoms with Gasteiger partial charge in [-0.15, -0.1) is 0 Å². The van der Waals surface area contributed by atoms with Crippen molar-refractivity contribution in [2.45, 2.75) is 13.8 Å². The van der Waals surface area contributed by atoms with Gasteiger partial charge >= 0.3 is 0 Å². The van der Waals surface area contributed by atoms with Crippen LogP contribution in [0.15, 0.2) is 23.2 Å². The molecule has 0 aliphatic rings. The van der Waals surface area contributed by atoms with E-state index in [2.05, 4.69) is 31.0 Å². The molecule has 0 spiro atoms. The third-order valence-corrected chi connectivity index (χ3v) is 3.66. The molecule has 0 radical (unpaired) electrons. The highest BCUT2D eigenvalue weighted by Gasteiger charge is 2.15. The first-order valence-corrected chi connectivity index (χ1v) is 6.46. The summed E-state index contributed by atoms with van der Waals surface area (Å²) in [6.45, 7) is 3.77. The number of hydrogen-bond donors (Lipinski definition) is 0. The first kappa shape index (κ1) is 11.7. The van der Waals surface area contributed by atoms with Crippen LogP contribution in [0.1, 0.15) is 11.4 Å². The second-order valence-corrected chi connectivity index (χ2v) is 5.13. The molecule has 0 aliphatic carbocycles. The minimum atomic E-state index is 0.654. The molecule has 0 unspecified atom stereocenters. The van der Waals surface area contributed by atoms with Crippen LogP contribution in [-0.4, -0.2) is 24.1 Å². The summed E-state index contributed by atoms with van der Waals surface area (Å²) in [4.78, 5) is 8.73. The fraction of sp³-hybridized carbons (Fsp3) is 0.182. The first-order valence-electron chi connectivity index (χ1n) is 5.29. The zero-order chi connectivity index (χ0) is 12.9. The lowest BCUT2D eigenvalue weighted by atomic mass is 10.4. The van der Waals surface area contributed by atoms with Crippen LogP contribution >= 0.6 is 27.5 Å². The van der Waals surface area contributed by atoms with Crippen molar-refractivity contribution in [3.63, 3.8) is 0 Å². The van der Waals surface area contributed by atoms with Crippen molar-refractivity contribution in [2.75, 3.05) is 0 Å². The summed E-state index contributed by atoms with van der Waals surface area (Å²) in [5, 5.41) is 5.05. The number of imidazole rings is 1. The largest absolute Gasteiger partial charge is 0.301 e. The molecule has 0 amide bonds. The minimum Gasteiger partial charge on any atom is -0.301 e. The zero-order valence-corrected chi connectivity index (χ0v) is 12.1. The Kier molecular flexibility index (Phi) is 2.64. The van der Waals surface area contributed by atoms with Crippen LogP contribution in [0.5, 0.6) is 0 Å². The molecule has 18 heavy (non-hydrogen) atoms. The number of hydrogen-bond acceptors (Lipinski definition) is 3. The molecule has 0 saturated carbocycles. The molecule has 0 fully saturated rings. The van der Waals surface area contributed by atoms with Crippen molar-refractivity contribution in [2.24, 2.45) is 0 Å². The fourth-order valence-corrected chi connectivity index (χ4v) is 2.36. The highest BCUT2D eigenvalue weighted by molar-refractivity contribution is 9.10. The van der Waals surface area contributed by atoms with Gasteiger partial charge in [-0.3, -0.25) is 0 Å². The van der Waals surface area contributed by atoms with Crippen LogP contribution < -0.4 is 0 Å². The average molecular weight is 327 g/mol. The molecule has 0 N–H and O–H groups in total. The van der Waals surface area contributed by atoms with Gasteiger partial charge in [0.2, 0.25) is 0 Å². The molecule has 0 saturated heterocycles. The Morgan fingerprint density at radius 3 is 2.78 bits per heavy atom. The van der Waals surface area contributed by atoms with E-state index in [4.69, 9.17) is 11.6 Å². The highest BCUT2D eigenvalue weighted by Crippen LogP contribution is 2.24. The summed E-state index contributed by atoms with van der Waals surface area (Å²) < 4.78 is 4.31. The molecular formula is C11H9BrClN5. The predicted octanol–water partition coefficient (Wildman–Crippen LogP) is 2.95. The van der Waals surface area contributed by atoms with Gasteiger partial charge in [-0.05, 0) is 29.8 Å². The van der Waals surface area contributed by atoms with Crippen molar-refractivity contribution in [3.05, 3.63) is 39.6 Å². The molecule has 5 nitrogen and oxygen atoms in total. The molecule has 7 heteroatoms. The molecule has 3 rings (SSSR count). The molecule has 92 valence electrons. The number of aryl methyl sites for hydroxylation is 1. The van der Waals surface area contributed by atoms with Crippen LogP contribution in [0, 0.1) is 13.8 Å². The van der Waals surface area contributed by atoms with Gasteiger partial charge in [-0.25, -0.2) is 14.6 Å². The SMILES string of the molecule is Cc1nn(-c2nc(Br)cn3ccnc23)c(C)c1Cl. The number of rotatable bonds is 1. The molecular weight excluding hydrogens is 318 g/mol. The molecule has 0 aliphatic heterocycles. The van der Waals surface area contributed by atoms with E-state index in [1.807, 2.05) is 30.6 Å². The van der Waals surface area contributed by atoms with Crippen LogP contribution in [0.4, 0.5) is 0 Å². The molecule has 3 aromatic rings. The third-order valence-electron chi connectivity index (χ3n) is 2.73. The van der Waals surface area contributed by atoms with Crippen molar-refractivity contribution in [3.8, 4) is 5.82 Å². The summed E-state index contributed by atoms with van der Waals surface area (Å²) in [6.07, 6.45) is 5.43. The number of nitrogens with zero attached hydrogens (tertiary/aromatic N) is 5. The maximum absolute atomic E-state index is 6.16. The Morgan fingerprint density at radius 2 is 2.11 bits per heavy atom. The molecule has 0 atom stereocenters. The number of aromatic nitrogens is 5. The second kappa shape index (κ2) is 4.07. The Balaban J connectivity index is 2.37. The van der Waals surface area contributed by atoms with Crippen LogP contribution in [-0.2, 0) is 0 Å². The van der Waals surface area contributed by atoms with E-state index in [1.165, 1.54) is 0 Å². The second-order valence-electron chi connectivity index (χ2n) is 3.94. The van der Waals surface area contributed by atoms with Gasteiger partial charge in [-0.2, -0.15) is 5.10 Å². The van der Waals surface area contributed by atoms with E-state index in [-0.39, 0.29) is 0 Å². The van der Waals surface area contributed by atoms with E-state index < -0.39 is 0 Å². The monoisotopic (exact) mass is 325 g/mol. The lowest BCUT2D eigenvalue weighted by molar-refractivity contribution is 0.799. The summed E-state index contributed by atoms with van der Waals surface area (Å²) in [6, 6.07) is 0. The third kappa shape index (κ3) is 1.64. The topological polar surface area (TPSA) is 48.0 Å². The summed E-state index contributed by atoms with van der Waals surface area (Å²) >= 11 is 9.54. The number of fused-ring (bicyclic) bond motifs is 1. The van der Waals surface area contributed by atoms with Crippen LogP contribution in [0.25, 0.3) is 11.5 Å². The van der Waals surface area contributed by atoms with E-state index >= 15 is 0 Å². The first-order chi connectivity index (χ1) is 8.58. The van der Waals surface area contributed by atoms with Gasteiger partial charge in [0.15, 0.2) is 11.5 Å². The summed E-state index contributed by atoms with van der Waals surface area (Å²) in [5.41, 5.74) is 2.37. The van der Waals surface area contributed by atoms with Crippen molar-refractivity contribution >= 4 is 33.2 Å². The van der Waals surface area contributed by atoms with Crippen molar-refractivity contribution < 1.29 is 0 Å². The minimum absolute atomic E-state index is 0.654. The average Bonchev–Trinajstić information content (AvgIpc) is 2.88. The maximum Gasteiger partial charge on any atom is 0.198 e. The van der Waals surface area contributed by atoms with Gasteiger partial charge in [0.25, 0.3) is 0 Å². The highest BCUT2D eigenvalue weighted by atomic mass is 79.9. The molecule has 3 heterocycles. The van der Waals surface area contributed by atoms with Gasteiger partial charge < -0.3 is 4.40 Å². The standard InChI is InChI=1S/C11H9BrClN5/c1-6-9(13)7(2)18(16-6)11-10-14-3-4-17(10)5-8(12)15-11/h3-5H,1-2H3. The van der Waals surface area contributed by atoms with Gasteiger partial charge in [0.1, 0.15) is 4.60 Å². The predicted molar refractivity (Wildman–Crippen MR) is 72.3 cm³/mol. The van der Waals surface area contributed by atoms with E-state index in [9.17, 15) is 0 Å². The van der Waals surface area contributed by atoms with E-state index in [1.54, 1.807) is 10.9 Å². The van der Waals surface area contributed by atoms with E-state index in [0.29, 0.717) is 15.4 Å².